The van der Waals surface area contributed by atoms with Gasteiger partial charge in [-0.05, 0) is 25.3 Å². The number of hydrogen-bond donors (Lipinski definition) is 1. The van der Waals surface area contributed by atoms with Gasteiger partial charge in [-0.15, -0.1) is 0 Å². The zero-order valence-electron chi connectivity index (χ0n) is 5.02. The fourth-order valence-corrected chi connectivity index (χ4v) is 0.697. The van der Waals surface area contributed by atoms with Crippen molar-refractivity contribution in [3.63, 3.8) is 0 Å². The zero-order chi connectivity index (χ0) is 5.98. The Kier molecular flexibility index (Phi) is 1.38. The van der Waals surface area contributed by atoms with Crippen LogP contribution >= 0.6 is 0 Å². The van der Waals surface area contributed by atoms with Crippen molar-refractivity contribution in [2.45, 2.75) is 13.3 Å². The van der Waals surface area contributed by atoms with Gasteiger partial charge in [-0.1, -0.05) is 12.2 Å². The Morgan fingerprint density at radius 3 is 2.75 bits per heavy atom. The van der Waals surface area contributed by atoms with E-state index in [2.05, 4.69) is 12.5 Å². The molecule has 43 valence electrons. The van der Waals surface area contributed by atoms with Gasteiger partial charge in [-0.25, -0.2) is 0 Å². The average molecular weight is 108 g/mol. The molecule has 0 unspecified atom stereocenters. The van der Waals surface area contributed by atoms with E-state index in [0.717, 1.165) is 12.1 Å². The molecule has 0 amide bonds. The maximum absolute atomic E-state index is 5.55. The van der Waals surface area contributed by atoms with Gasteiger partial charge in [0.05, 0.1) is 0 Å². The Morgan fingerprint density at radius 1 is 1.62 bits per heavy atom. The molecule has 0 fully saturated rings. The van der Waals surface area contributed by atoms with Crippen LogP contribution < -0.4 is 5.73 Å². The van der Waals surface area contributed by atoms with Crippen LogP contribution in [0.15, 0.2) is 23.4 Å². The molecule has 0 heterocycles. The number of nitrogens with two attached hydrogens (primary N) is 1. The van der Waals surface area contributed by atoms with E-state index >= 15 is 0 Å². The molecule has 0 saturated heterocycles. The summed E-state index contributed by atoms with van der Waals surface area (Å²) in [6, 6.07) is 0. The van der Waals surface area contributed by atoms with Crippen LogP contribution in [0.1, 0.15) is 13.3 Å². The minimum atomic E-state index is 0.924. The van der Waals surface area contributed by atoms with E-state index in [1.165, 1.54) is 5.57 Å². The van der Waals surface area contributed by atoms with Crippen LogP contribution in [0.25, 0.3) is 0 Å². The van der Waals surface area contributed by atoms with Gasteiger partial charge in [0.2, 0.25) is 0 Å². The molecular formula is C7H10N. The minimum Gasteiger partial charge on any atom is -0.399 e. The third-order valence-corrected chi connectivity index (χ3v) is 1.30. The minimum absolute atomic E-state index is 0.924. The molecule has 0 atom stereocenters. The molecule has 0 saturated carbocycles. The molecular weight excluding hydrogens is 98.1 g/mol. The second-order valence-electron chi connectivity index (χ2n) is 1.98. The normalized spacial score (nSPS) is 19.6. The monoisotopic (exact) mass is 108 g/mol. The molecule has 1 heteroatoms. The van der Waals surface area contributed by atoms with Crippen LogP contribution in [-0.4, -0.2) is 0 Å². The van der Waals surface area contributed by atoms with E-state index in [1.807, 2.05) is 13.0 Å². The van der Waals surface area contributed by atoms with Crippen molar-refractivity contribution in [2.24, 2.45) is 5.73 Å². The van der Waals surface area contributed by atoms with Crippen molar-refractivity contribution in [3.05, 3.63) is 29.8 Å². The van der Waals surface area contributed by atoms with Gasteiger partial charge >= 0.3 is 0 Å². The molecule has 0 spiro atoms. The topological polar surface area (TPSA) is 26.0 Å². The Balaban J connectivity index is 2.73. The summed E-state index contributed by atoms with van der Waals surface area (Å²) in [5.74, 6) is 0. The van der Waals surface area contributed by atoms with Crippen molar-refractivity contribution in [3.8, 4) is 0 Å². The predicted octanol–water partition coefficient (Wildman–Crippen LogP) is 1.38. The lowest BCUT2D eigenvalue weighted by atomic mass is 10.1. The van der Waals surface area contributed by atoms with Crippen LogP contribution in [0.3, 0.4) is 0 Å². The van der Waals surface area contributed by atoms with Crippen molar-refractivity contribution in [1.82, 2.24) is 0 Å². The highest BCUT2D eigenvalue weighted by molar-refractivity contribution is 5.32. The molecule has 0 aromatic heterocycles. The molecule has 0 bridgehead atoms. The Labute approximate surface area is 49.9 Å². The Hall–Kier alpha value is -0.720. The average Bonchev–Trinajstić information content (AvgIpc) is 1.77. The molecule has 1 rings (SSSR count). The first kappa shape index (κ1) is 5.42. The lowest BCUT2D eigenvalue weighted by molar-refractivity contribution is 1.14. The summed E-state index contributed by atoms with van der Waals surface area (Å²) in [7, 11) is 0. The van der Waals surface area contributed by atoms with E-state index in [4.69, 9.17) is 5.73 Å². The van der Waals surface area contributed by atoms with Crippen LogP contribution in [0.4, 0.5) is 0 Å². The molecule has 1 aliphatic carbocycles. The van der Waals surface area contributed by atoms with Crippen molar-refractivity contribution in [1.29, 1.82) is 0 Å². The summed E-state index contributed by atoms with van der Waals surface area (Å²) in [5, 5.41) is 0. The standard InChI is InChI=1S/C7H10N/c1-6-4-2-3-5-7(6)8/h2,4-5H,3,8H2,1H3. The zero-order valence-corrected chi connectivity index (χ0v) is 5.02. The summed E-state index contributed by atoms with van der Waals surface area (Å²) in [5.41, 5.74) is 7.65. The fourth-order valence-electron chi connectivity index (χ4n) is 0.697. The number of allylic oxidation sites excluding steroid dienone is 3. The SMILES string of the molecule is CC1=C[CH]CC=C1N. The van der Waals surface area contributed by atoms with Gasteiger partial charge in [-0.3, -0.25) is 0 Å². The molecule has 8 heavy (non-hydrogen) atoms. The lowest BCUT2D eigenvalue weighted by Gasteiger charge is -2.05. The van der Waals surface area contributed by atoms with E-state index < -0.39 is 0 Å². The fraction of sp³-hybridized carbons (Fsp3) is 0.286. The highest BCUT2D eigenvalue weighted by atomic mass is 14.6. The van der Waals surface area contributed by atoms with Crippen LogP contribution in [0.5, 0.6) is 0 Å². The molecule has 1 radical (unpaired) electrons. The highest BCUT2D eigenvalue weighted by Gasteiger charge is 1.96. The van der Waals surface area contributed by atoms with Gasteiger partial charge < -0.3 is 5.73 Å². The van der Waals surface area contributed by atoms with Crippen molar-refractivity contribution in [2.75, 3.05) is 0 Å². The molecule has 1 nitrogen and oxygen atoms in total. The summed E-state index contributed by atoms with van der Waals surface area (Å²) in [6.07, 6.45) is 7.17. The summed E-state index contributed by atoms with van der Waals surface area (Å²) in [4.78, 5) is 0. The van der Waals surface area contributed by atoms with E-state index in [9.17, 15) is 0 Å². The molecule has 2 N–H and O–H groups in total. The maximum atomic E-state index is 5.55. The molecule has 0 aliphatic heterocycles. The van der Waals surface area contributed by atoms with Gasteiger partial charge in [0, 0.05) is 5.70 Å². The van der Waals surface area contributed by atoms with Crippen molar-refractivity contribution < 1.29 is 0 Å². The second-order valence-corrected chi connectivity index (χ2v) is 1.98. The predicted molar refractivity (Wildman–Crippen MR) is 34.9 cm³/mol. The van der Waals surface area contributed by atoms with Gasteiger partial charge in [0.25, 0.3) is 0 Å². The van der Waals surface area contributed by atoms with Crippen LogP contribution in [-0.2, 0) is 0 Å². The Bertz CT molecular complexity index is 124. The first-order valence-electron chi connectivity index (χ1n) is 2.77. The van der Waals surface area contributed by atoms with Crippen LogP contribution in [0.2, 0.25) is 0 Å². The maximum Gasteiger partial charge on any atom is 0.0300 e. The van der Waals surface area contributed by atoms with E-state index in [-0.39, 0.29) is 0 Å². The third kappa shape index (κ3) is 0.915. The molecule has 1 aliphatic rings. The number of rotatable bonds is 0. The first-order chi connectivity index (χ1) is 3.80. The molecule has 0 aromatic carbocycles. The summed E-state index contributed by atoms with van der Waals surface area (Å²) in [6.45, 7) is 2.02. The Morgan fingerprint density at radius 2 is 2.38 bits per heavy atom. The van der Waals surface area contributed by atoms with Crippen molar-refractivity contribution >= 4 is 0 Å². The lowest BCUT2D eigenvalue weighted by Crippen LogP contribution is -2.01. The van der Waals surface area contributed by atoms with E-state index in [0.29, 0.717) is 0 Å². The third-order valence-electron chi connectivity index (χ3n) is 1.30. The molecule has 0 aromatic rings. The summed E-state index contributed by atoms with van der Waals surface area (Å²) >= 11 is 0. The first-order valence-corrected chi connectivity index (χ1v) is 2.77. The summed E-state index contributed by atoms with van der Waals surface area (Å²) < 4.78 is 0. The smallest absolute Gasteiger partial charge is 0.0300 e. The van der Waals surface area contributed by atoms with E-state index in [1.54, 1.807) is 0 Å². The number of hydrogen-bond acceptors (Lipinski definition) is 1. The highest BCUT2D eigenvalue weighted by Crippen LogP contribution is 2.11. The quantitative estimate of drug-likeness (QED) is 0.498. The van der Waals surface area contributed by atoms with Crippen LogP contribution in [0, 0.1) is 6.42 Å². The van der Waals surface area contributed by atoms with Gasteiger partial charge in [-0.2, -0.15) is 0 Å². The second kappa shape index (κ2) is 2.03. The largest absolute Gasteiger partial charge is 0.399 e. The van der Waals surface area contributed by atoms with Gasteiger partial charge in [0.1, 0.15) is 0 Å². The van der Waals surface area contributed by atoms with Gasteiger partial charge in [0.15, 0.2) is 0 Å².